The molecule has 0 saturated heterocycles. The van der Waals surface area contributed by atoms with Gasteiger partial charge in [0, 0.05) is 31.6 Å². The molecule has 3 N–H and O–H groups in total. The van der Waals surface area contributed by atoms with Gasteiger partial charge in [0.2, 0.25) is 5.90 Å². The summed E-state index contributed by atoms with van der Waals surface area (Å²) < 4.78 is 11.4. The van der Waals surface area contributed by atoms with Crippen molar-refractivity contribution >= 4 is 29.2 Å². The number of urea groups is 1. The van der Waals surface area contributed by atoms with Crippen molar-refractivity contribution in [2.75, 3.05) is 44.8 Å². The number of carbonyl (C=O) groups is 2. The highest BCUT2D eigenvalue weighted by atomic mass is 16.6. The second-order valence-corrected chi connectivity index (χ2v) is 9.72. The van der Waals surface area contributed by atoms with Crippen LogP contribution in [0.5, 0.6) is 0 Å². The van der Waals surface area contributed by atoms with Gasteiger partial charge in [-0.3, -0.25) is 4.79 Å². The number of allylic oxidation sites excluding steroid dienone is 4. The van der Waals surface area contributed by atoms with E-state index in [-0.39, 0.29) is 18.4 Å². The maximum Gasteiger partial charge on any atom is 0.347 e. The first-order valence-electron chi connectivity index (χ1n) is 13.0. The van der Waals surface area contributed by atoms with Crippen LogP contribution in [0.4, 0.5) is 16.2 Å². The normalized spacial score (nSPS) is 15.7. The second-order valence-electron chi connectivity index (χ2n) is 9.72. The summed E-state index contributed by atoms with van der Waals surface area (Å²) in [5.41, 5.74) is 9.60. The fraction of sp³-hybridized carbons (Fsp3) is 0.300. The maximum absolute atomic E-state index is 13.2. The van der Waals surface area contributed by atoms with E-state index < -0.39 is 6.03 Å². The average molecular weight is 530 g/mol. The highest BCUT2D eigenvalue weighted by Crippen LogP contribution is 2.23. The molecule has 1 heterocycles. The number of nitrogens with zero attached hydrogens (tertiary/aromatic N) is 3. The number of rotatable bonds is 9. The fourth-order valence-electron chi connectivity index (χ4n) is 4.09. The molecule has 0 atom stereocenters. The molecule has 0 aromatic heterocycles. The molecule has 0 unspecified atom stereocenters. The Bertz CT molecular complexity index is 1290. The van der Waals surface area contributed by atoms with E-state index in [1.165, 1.54) is 5.57 Å². The van der Waals surface area contributed by atoms with E-state index in [4.69, 9.17) is 15.2 Å². The predicted molar refractivity (Wildman–Crippen MR) is 153 cm³/mol. The minimum atomic E-state index is -0.405. The molecule has 9 nitrogen and oxygen atoms in total. The van der Waals surface area contributed by atoms with E-state index in [2.05, 4.69) is 22.5 Å². The zero-order chi connectivity index (χ0) is 27.6. The van der Waals surface area contributed by atoms with E-state index in [1.807, 2.05) is 49.3 Å². The largest absolute Gasteiger partial charge is 0.488 e. The van der Waals surface area contributed by atoms with Crippen LogP contribution in [0.2, 0.25) is 0 Å². The molecular formula is C30H35N5O4. The molecule has 0 bridgehead atoms. The minimum Gasteiger partial charge on any atom is -0.488 e. The quantitative estimate of drug-likeness (QED) is 0.445. The Morgan fingerprint density at radius 1 is 1.08 bits per heavy atom. The Hall–Kier alpha value is -4.37. The van der Waals surface area contributed by atoms with E-state index in [0.29, 0.717) is 48.8 Å². The Labute approximate surface area is 229 Å². The van der Waals surface area contributed by atoms with E-state index in [1.54, 1.807) is 35.4 Å². The third-order valence-electron chi connectivity index (χ3n) is 6.28. The molecule has 0 radical (unpaired) electrons. The van der Waals surface area contributed by atoms with Crippen molar-refractivity contribution in [3.05, 3.63) is 95.5 Å². The smallest absolute Gasteiger partial charge is 0.347 e. The number of aliphatic imine (C=N–C) groups is 1. The number of hydrogen-bond donors (Lipinski definition) is 2. The maximum atomic E-state index is 13.2. The molecule has 2 aliphatic rings. The number of nitrogen functional groups attached to an aromatic ring is 1. The number of benzene rings is 2. The number of nitrogens with two attached hydrogens (primary N) is 1. The van der Waals surface area contributed by atoms with Crippen molar-refractivity contribution in [1.29, 1.82) is 0 Å². The van der Waals surface area contributed by atoms with E-state index in [9.17, 15) is 9.59 Å². The molecule has 0 saturated carbocycles. The zero-order valence-corrected chi connectivity index (χ0v) is 22.4. The first-order valence-corrected chi connectivity index (χ1v) is 13.0. The Balaban J connectivity index is 1.40. The molecule has 9 heteroatoms. The molecule has 39 heavy (non-hydrogen) atoms. The summed E-state index contributed by atoms with van der Waals surface area (Å²) in [6.07, 6.45) is 10.5. The van der Waals surface area contributed by atoms with Crippen molar-refractivity contribution in [3.8, 4) is 0 Å². The molecule has 3 amide bonds. The molecule has 204 valence electrons. The second kappa shape index (κ2) is 13.4. The Morgan fingerprint density at radius 2 is 1.87 bits per heavy atom. The number of anilines is 2. The number of nitrogens with one attached hydrogen (secondary N) is 1. The van der Waals surface area contributed by atoms with Gasteiger partial charge in [-0.25, -0.2) is 4.79 Å². The summed E-state index contributed by atoms with van der Waals surface area (Å²) in [6.45, 7) is 1.58. The summed E-state index contributed by atoms with van der Waals surface area (Å²) in [6, 6.07) is 13.8. The fourth-order valence-corrected chi connectivity index (χ4v) is 4.09. The molecule has 1 aliphatic heterocycles. The predicted octanol–water partition coefficient (Wildman–Crippen LogP) is 4.96. The van der Waals surface area contributed by atoms with Gasteiger partial charge in [-0.15, -0.1) is 0 Å². The number of ether oxygens (including phenoxy) is 2. The Kier molecular flexibility index (Phi) is 9.53. The van der Waals surface area contributed by atoms with Crippen molar-refractivity contribution in [2.24, 2.45) is 4.99 Å². The molecule has 4 rings (SSSR count). The zero-order valence-electron chi connectivity index (χ0n) is 22.4. The first kappa shape index (κ1) is 27.7. The van der Waals surface area contributed by atoms with Gasteiger partial charge in [-0.1, -0.05) is 48.1 Å². The standard InChI is InChI=1S/C30H35N5O4/c1-34(2)16-17-35(30(37)33-28-21-38-20-25(39-28)18-22-8-4-3-5-9-22)19-23-12-14-24(15-13-23)29(36)32-27-11-7-6-10-26(27)31/h3-4,6-8,10-15,20H,5,9,16-19,21,31H2,1-2H3,(H,32,36). The lowest BCUT2D eigenvalue weighted by molar-refractivity contribution is 0.102. The van der Waals surface area contributed by atoms with Crippen molar-refractivity contribution in [3.63, 3.8) is 0 Å². The third-order valence-corrected chi connectivity index (χ3v) is 6.28. The molecule has 0 fully saturated rings. The summed E-state index contributed by atoms with van der Waals surface area (Å²) in [5, 5.41) is 2.82. The number of likely N-dealkylation sites (N-methyl/N-ethyl adjacent to an activating group) is 1. The number of carbonyl (C=O) groups excluding carboxylic acids is 2. The van der Waals surface area contributed by atoms with Crippen LogP contribution >= 0.6 is 0 Å². The van der Waals surface area contributed by atoms with Crippen molar-refractivity contribution < 1.29 is 19.1 Å². The third kappa shape index (κ3) is 8.31. The lowest BCUT2D eigenvalue weighted by atomic mass is 10.0. The molecule has 2 aromatic carbocycles. The van der Waals surface area contributed by atoms with Gasteiger partial charge >= 0.3 is 6.03 Å². The average Bonchev–Trinajstić information content (AvgIpc) is 2.93. The van der Waals surface area contributed by atoms with Crippen LogP contribution in [-0.2, 0) is 16.0 Å². The number of amides is 3. The van der Waals surface area contributed by atoms with Gasteiger partial charge in [0.05, 0.1) is 11.4 Å². The van der Waals surface area contributed by atoms with Crippen LogP contribution in [0.15, 0.2) is 89.3 Å². The van der Waals surface area contributed by atoms with Crippen LogP contribution in [0.1, 0.15) is 35.2 Å². The SMILES string of the molecule is CN(C)CCN(Cc1ccc(C(=O)Nc2ccccc2N)cc1)C(=O)N=C1COC=C(CC2=CC=CCC2)O1. The highest BCUT2D eigenvalue weighted by molar-refractivity contribution is 6.05. The summed E-state index contributed by atoms with van der Waals surface area (Å²) >= 11 is 0. The van der Waals surface area contributed by atoms with Crippen molar-refractivity contribution in [1.82, 2.24) is 9.80 Å². The van der Waals surface area contributed by atoms with E-state index in [0.717, 1.165) is 18.4 Å². The Morgan fingerprint density at radius 3 is 2.59 bits per heavy atom. The van der Waals surface area contributed by atoms with Crippen LogP contribution in [0, 0.1) is 0 Å². The summed E-state index contributed by atoms with van der Waals surface area (Å²) in [4.78, 5) is 33.8. The van der Waals surface area contributed by atoms with Gasteiger partial charge in [-0.05, 0) is 56.8 Å². The minimum absolute atomic E-state index is 0.103. The summed E-state index contributed by atoms with van der Waals surface area (Å²) in [5.74, 6) is 0.622. The lowest BCUT2D eigenvalue weighted by Gasteiger charge is -2.24. The molecule has 2 aromatic rings. The van der Waals surface area contributed by atoms with Gasteiger partial charge < -0.3 is 30.3 Å². The molecule has 1 aliphatic carbocycles. The van der Waals surface area contributed by atoms with E-state index >= 15 is 0 Å². The topological polar surface area (TPSA) is 109 Å². The number of hydrogen-bond acceptors (Lipinski definition) is 6. The van der Waals surface area contributed by atoms with Crippen LogP contribution in [0.3, 0.4) is 0 Å². The van der Waals surface area contributed by atoms with Crippen LogP contribution < -0.4 is 11.1 Å². The van der Waals surface area contributed by atoms with Gasteiger partial charge in [0.15, 0.2) is 6.61 Å². The molecular weight excluding hydrogens is 494 g/mol. The summed E-state index contributed by atoms with van der Waals surface area (Å²) in [7, 11) is 3.90. The van der Waals surface area contributed by atoms with Gasteiger partial charge in [0.1, 0.15) is 12.0 Å². The molecule has 0 spiro atoms. The lowest BCUT2D eigenvalue weighted by Crippen LogP contribution is -2.35. The first-order chi connectivity index (χ1) is 18.9. The monoisotopic (exact) mass is 529 g/mol. The number of para-hydroxylation sites is 2. The highest BCUT2D eigenvalue weighted by Gasteiger charge is 2.20. The van der Waals surface area contributed by atoms with Gasteiger partial charge in [0.25, 0.3) is 5.91 Å². The van der Waals surface area contributed by atoms with Crippen LogP contribution in [0.25, 0.3) is 0 Å². The van der Waals surface area contributed by atoms with Gasteiger partial charge in [-0.2, -0.15) is 4.99 Å². The van der Waals surface area contributed by atoms with Crippen LogP contribution in [-0.4, -0.2) is 61.4 Å². The van der Waals surface area contributed by atoms with Crippen molar-refractivity contribution in [2.45, 2.75) is 25.8 Å².